The van der Waals surface area contributed by atoms with E-state index in [2.05, 4.69) is 10.6 Å². The number of carbonyl (C=O) groups is 3. The number of carbonyl (C=O) groups excluding carboxylic acids is 3. The van der Waals surface area contributed by atoms with Crippen LogP contribution in [-0.4, -0.2) is 42.8 Å². The van der Waals surface area contributed by atoms with Crippen LogP contribution in [0.15, 0.2) is 0 Å². The Morgan fingerprint density at radius 2 is 1.80 bits per heavy atom. The summed E-state index contributed by atoms with van der Waals surface area (Å²) in [5, 5.41) is 4.94. The second-order valence-electron chi connectivity index (χ2n) is 5.22. The molecule has 0 unspecified atom stereocenters. The minimum atomic E-state index is -0.705. The molecule has 0 aromatic heterocycles. The van der Waals surface area contributed by atoms with Gasteiger partial charge in [0, 0.05) is 13.0 Å². The van der Waals surface area contributed by atoms with Gasteiger partial charge in [0.2, 0.25) is 5.91 Å². The lowest BCUT2D eigenvalue weighted by Crippen LogP contribution is -2.41. The number of alkyl carbamates (subject to hydrolysis) is 1. The molecule has 2 amide bonds. The summed E-state index contributed by atoms with van der Waals surface area (Å²) in [7, 11) is 0. The van der Waals surface area contributed by atoms with Crippen molar-refractivity contribution >= 4 is 18.0 Å². The molecule has 0 aromatic rings. The third-order valence-electron chi connectivity index (χ3n) is 2.04. The highest BCUT2D eigenvalue weighted by Crippen LogP contribution is 2.06. The first-order valence-electron chi connectivity index (χ1n) is 6.58. The number of esters is 1. The van der Waals surface area contributed by atoms with Gasteiger partial charge in [0.1, 0.15) is 11.6 Å². The minimum Gasteiger partial charge on any atom is -0.464 e. The highest BCUT2D eigenvalue weighted by atomic mass is 16.6. The smallest absolute Gasteiger partial charge is 0.407 e. The molecule has 0 saturated carbocycles. The number of hydrogen-bond donors (Lipinski definition) is 2. The molecule has 0 rings (SSSR count). The van der Waals surface area contributed by atoms with E-state index < -0.39 is 23.7 Å². The van der Waals surface area contributed by atoms with Gasteiger partial charge in [-0.2, -0.15) is 0 Å². The minimum absolute atomic E-state index is 0.0585. The van der Waals surface area contributed by atoms with Crippen LogP contribution < -0.4 is 10.6 Å². The second-order valence-corrected chi connectivity index (χ2v) is 5.22. The number of amides is 2. The van der Waals surface area contributed by atoms with E-state index in [-0.39, 0.29) is 25.5 Å². The molecule has 0 aromatic carbocycles. The predicted molar refractivity (Wildman–Crippen MR) is 73.1 cm³/mol. The van der Waals surface area contributed by atoms with E-state index in [1.807, 2.05) is 0 Å². The van der Waals surface area contributed by atoms with Gasteiger partial charge in [-0.3, -0.25) is 4.79 Å². The molecule has 0 aliphatic carbocycles. The summed E-state index contributed by atoms with van der Waals surface area (Å²) >= 11 is 0. The monoisotopic (exact) mass is 288 g/mol. The molecule has 0 bridgehead atoms. The molecule has 0 spiro atoms. The van der Waals surface area contributed by atoms with E-state index in [4.69, 9.17) is 9.47 Å². The zero-order valence-electron chi connectivity index (χ0n) is 12.7. The molecular formula is C13H24N2O5. The number of ether oxygens (including phenoxy) is 2. The van der Waals surface area contributed by atoms with Crippen LogP contribution in [0, 0.1) is 0 Å². The van der Waals surface area contributed by atoms with E-state index >= 15 is 0 Å². The van der Waals surface area contributed by atoms with Crippen LogP contribution in [-0.2, 0) is 19.1 Å². The van der Waals surface area contributed by atoms with Crippen molar-refractivity contribution < 1.29 is 23.9 Å². The van der Waals surface area contributed by atoms with E-state index in [1.54, 1.807) is 27.7 Å². The largest absolute Gasteiger partial charge is 0.464 e. The van der Waals surface area contributed by atoms with Gasteiger partial charge in [-0.1, -0.05) is 0 Å². The maximum atomic E-state index is 11.5. The van der Waals surface area contributed by atoms with Crippen LogP contribution in [0.1, 0.15) is 41.0 Å². The summed E-state index contributed by atoms with van der Waals surface area (Å²) in [5.74, 6) is -0.831. The van der Waals surface area contributed by atoms with Crippen molar-refractivity contribution in [2.24, 2.45) is 0 Å². The van der Waals surface area contributed by atoms with E-state index in [0.29, 0.717) is 0 Å². The van der Waals surface area contributed by atoms with Gasteiger partial charge < -0.3 is 20.1 Å². The van der Waals surface area contributed by atoms with Gasteiger partial charge in [0.25, 0.3) is 0 Å². The fourth-order valence-corrected chi connectivity index (χ4v) is 1.23. The van der Waals surface area contributed by atoms with Gasteiger partial charge in [-0.25, -0.2) is 9.59 Å². The van der Waals surface area contributed by atoms with Crippen LogP contribution in [0.25, 0.3) is 0 Å². The molecule has 0 saturated heterocycles. The third-order valence-corrected chi connectivity index (χ3v) is 2.04. The van der Waals surface area contributed by atoms with E-state index in [1.165, 1.54) is 6.92 Å². The van der Waals surface area contributed by atoms with Crippen molar-refractivity contribution in [3.05, 3.63) is 0 Å². The maximum absolute atomic E-state index is 11.5. The molecule has 116 valence electrons. The molecule has 20 heavy (non-hydrogen) atoms. The van der Waals surface area contributed by atoms with Crippen LogP contribution in [0.5, 0.6) is 0 Å². The summed E-state index contributed by atoms with van der Waals surface area (Å²) in [5.41, 5.74) is -0.579. The molecule has 0 fully saturated rings. The van der Waals surface area contributed by atoms with E-state index in [0.717, 1.165) is 0 Å². The highest BCUT2D eigenvalue weighted by molar-refractivity contribution is 5.84. The summed E-state index contributed by atoms with van der Waals surface area (Å²) in [6, 6.07) is -0.705. The molecule has 2 N–H and O–H groups in total. The summed E-state index contributed by atoms with van der Waals surface area (Å²) in [6.45, 7) is 8.88. The average molecular weight is 288 g/mol. The van der Waals surface area contributed by atoms with Gasteiger partial charge in [-0.15, -0.1) is 0 Å². The average Bonchev–Trinajstić information content (AvgIpc) is 2.26. The van der Waals surface area contributed by atoms with E-state index in [9.17, 15) is 14.4 Å². The SMILES string of the molecule is CCOC(=O)[C@H](C)NC(=O)CCNC(=O)OC(C)(C)C. The molecule has 0 aliphatic heterocycles. The summed E-state index contributed by atoms with van der Waals surface area (Å²) in [6.07, 6.45) is -0.521. The van der Waals surface area contributed by atoms with Crippen molar-refractivity contribution in [1.29, 1.82) is 0 Å². The number of hydrogen-bond acceptors (Lipinski definition) is 5. The summed E-state index contributed by atoms with van der Waals surface area (Å²) in [4.78, 5) is 34.1. The third kappa shape index (κ3) is 9.18. The molecule has 1 atom stereocenters. The normalized spacial score (nSPS) is 12.2. The molecule has 0 radical (unpaired) electrons. The topological polar surface area (TPSA) is 93.7 Å². The van der Waals surface area contributed by atoms with Crippen molar-refractivity contribution in [1.82, 2.24) is 10.6 Å². The number of rotatable bonds is 6. The molecular weight excluding hydrogens is 264 g/mol. The number of nitrogens with one attached hydrogen (secondary N) is 2. The van der Waals surface area contributed by atoms with Crippen molar-refractivity contribution in [3.63, 3.8) is 0 Å². The van der Waals surface area contributed by atoms with Gasteiger partial charge in [0.15, 0.2) is 0 Å². The van der Waals surface area contributed by atoms with Crippen molar-refractivity contribution in [2.45, 2.75) is 52.7 Å². The van der Waals surface area contributed by atoms with Crippen LogP contribution in [0.3, 0.4) is 0 Å². The van der Waals surface area contributed by atoms with Crippen molar-refractivity contribution in [3.8, 4) is 0 Å². The Labute approximate surface area is 119 Å². The maximum Gasteiger partial charge on any atom is 0.407 e. The first-order valence-corrected chi connectivity index (χ1v) is 6.58. The molecule has 7 heteroatoms. The Hall–Kier alpha value is -1.79. The lowest BCUT2D eigenvalue weighted by atomic mass is 10.2. The van der Waals surface area contributed by atoms with Crippen LogP contribution in [0.4, 0.5) is 4.79 Å². The fraction of sp³-hybridized carbons (Fsp3) is 0.769. The Bertz CT molecular complexity index is 349. The van der Waals surface area contributed by atoms with Crippen LogP contribution >= 0.6 is 0 Å². The standard InChI is InChI=1S/C13H24N2O5/c1-6-19-11(17)9(2)15-10(16)7-8-14-12(18)20-13(3,4)5/h9H,6-8H2,1-5H3,(H,14,18)(H,15,16)/t9-/m0/s1. The Morgan fingerprint density at radius 3 is 2.30 bits per heavy atom. The van der Waals surface area contributed by atoms with Crippen molar-refractivity contribution in [2.75, 3.05) is 13.2 Å². The first-order chi connectivity index (χ1) is 9.15. The predicted octanol–water partition coefficient (Wildman–Crippen LogP) is 0.969. The molecule has 0 heterocycles. The molecule has 7 nitrogen and oxygen atoms in total. The Morgan fingerprint density at radius 1 is 1.20 bits per heavy atom. The Kier molecular flexibility index (Phi) is 7.64. The molecule has 0 aliphatic rings. The van der Waals surface area contributed by atoms with Gasteiger partial charge in [0.05, 0.1) is 6.61 Å². The second kappa shape index (κ2) is 8.39. The lowest BCUT2D eigenvalue weighted by Gasteiger charge is -2.19. The first kappa shape index (κ1) is 18.2. The lowest BCUT2D eigenvalue weighted by molar-refractivity contribution is -0.146. The fourth-order valence-electron chi connectivity index (χ4n) is 1.23. The zero-order chi connectivity index (χ0) is 15.8. The quantitative estimate of drug-likeness (QED) is 0.710. The van der Waals surface area contributed by atoms with Gasteiger partial charge in [-0.05, 0) is 34.6 Å². The highest BCUT2D eigenvalue weighted by Gasteiger charge is 2.18. The summed E-state index contributed by atoms with van der Waals surface area (Å²) < 4.78 is 9.77. The van der Waals surface area contributed by atoms with Gasteiger partial charge >= 0.3 is 12.1 Å². The Balaban J connectivity index is 3.89. The van der Waals surface area contributed by atoms with Crippen LogP contribution in [0.2, 0.25) is 0 Å². The zero-order valence-corrected chi connectivity index (χ0v) is 12.7.